The molecule has 26 heavy (non-hydrogen) atoms. The van der Waals surface area contributed by atoms with Gasteiger partial charge >= 0.3 is 6.03 Å². The van der Waals surface area contributed by atoms with E-state index >= 15 is 0 Å². The van der Waals surface area contributed by atoms with Crippen LogP contribution >= 0.6 is 0 Å². The van der Waals surface area contributed by atoms with E-state index in [1.165, 1.54) is 30.5 Å². The summed E-state index contributed by atoms with van der Waals surface area (Å²) in [6.07, 6.45) is 3.83. The summed E-state index contributed by atoms with van der Waals surface area (Å²) in [7, 11) is 0. The van der Waals surface area contributed by atoms with E-state index in [1.807, 2.05) is 44.2 Å². The Balaban J connectivity index is 1.46. The van der Waals surface area contributed by atoms with Gasteiger partial charge in [0.1, 0.15) is 5.75 Å². The SMILES string of the molecule is Cc1cccc(OCNC(=O)Nc2ccc(N3CCCCC3)cc2)c1C. The number of hydrogen-bond acceptors (Lipinski definition) is 3. The molecule has 5 nitrogen and oxygen atoms in total. The molecular weight excluding hydrogens is 326 g/mol. The number of carbonyl (C=O) groups is 1. The molecular formula is C21H27N3O2. The normalized spacial score (nSPS) is 14.0. The Morgan fingerprint density at radius 1 is 1.04 bits per heavy atom. The largest absolute Gasteiger partial charge is 0.473 e. The number of aryl methyl sites for hydroxylation is 1. The molecule has 1 saturated heterocycles. The van der Waals surface area contributed by atoms with Crippen molar-refractivity contribution < 1.29 is 9.53 Å². The van der Waals surface area contributed by atoms with E-state index in [9.17, 15) is 4.79 Å². The minimum Gasteiger partial charge on any atom is -0.473 e. The zero-order valence-corrected chi connectivity index (χ0v) is 15.5. The first-order valence-electron chi connectivity index (χ1n) is 9.22. The van der Waals surface area contributed by atoms with Crippen molar-refractivity contribution in [1.29, 1.82) is 0 Å². The van der Waals surface area contributed by atoms with Crippen LogP contribution in [0.1, 0.15) is 30.4 Å². The Bertz CT molecular complexity index is 737. The maximum absolute atomic E-state index is 12.0. The summed E-state index contributed by atoms with van der Waals surface area (Å²) in [6, 6.07) is 13.6. The van der Waals surface area contributed by atoms with Crippen LogP contribution in [0.25, 0.3) is 0 Å². The Morgan fingerprint density at radius 3 is 2.50 bits per heavy atom. The molecule has 2 aromatic carbocycles. The number of piperidine rings is 1. The van der Waals surface area contributed by atoms with Gasteiger partial charge < -0.3 is 20.3 Å². The Morgan fingerprint density at radius 2 is 1.77 bits per heavy atom. The molecule has 1 fully saturated rings. The first-order chi connectivity index (χ1) is 12.6. The molecule has 0 bridgehead atoms. The van der Waals surface area contributed by atoms with Gasteiger partial charge in [0.25, 0.3) is 0 Å². The third kappa shape index (κ3) is 4.69. The zero-order chi connectivity index (χ0) is 18.4. The van der Waals surface area contributed by atoms with Crippen LogP contribution < -0.4 is 20.3 Å². The number of urea groups is 1. The van der Waals surface area contributed by atoms with Crippen LogP contribution in [0.3, 0.4) is 0 Å². The highest BCUT2D eigenvalue weighted by Crippen LogP contribution is 2.22. The van der Waals surface area contributed by atoms with Gasteiger partial charge in [0.2, 0.25) is 0 Å². The summed E-state index contributed by atoms with van der Waals surface area (Å²) in [5, 5.41) is 5.56. The second kappa shape index (κ2) is 8.61. The van der Waals surface area contributed by atoms with Crippen LogP contribution in [0.4, 0.5) is 16.2 Å². The van der Waals surface area contributed by atoms with Crippen molar-refractivity contribution in [2.24, 2.45) is 0 Å². The third-order valence-corrected chi connectivity index (χ3v) is 4.86. The molecule has 2 N–H and O–H groups in total. The molecule has 0 aromatic heterocycles. The molecule has 0 aliphatic carbocycles. The highest BCUT2D eigenvalue weighted by Gasteiger charge is 2.11. The number of benzene rings is 2. The summed E-state index contributed by atoms with van der Waals surface area (Å²) >= 11 is 0. The van der Waals surface area contributed by atoms with Crippen LogP contribution in [0.5, 0.6) is 5.75 Å². The quantitative estimate of drug-likeness (QED) is 0.781. The van der Waals surface area contributed by atoms with E-state index in [0.717, 1.165) is 30.1 Å². The van der Waals surface area contributed by atoms with Crippen molar-refractivity contribution in [1.82, 2.24) is 5.32 Å². The summed E-state index contributed by atoms with van der Waals surface area (Å²) in [5.41, 5.74) is 4.24. The topological polar surface area (TPSA) is 53.6 Å². The van der Waals surface area contributed by atoms with Gasteiger partial charge in [-0.15, -0.1) is 0 Å². The summed E-state index contributed by atoms with van der Waals surface area (Å²) in [6.45, 7) is 6.40. The van der Waals surface area contributed by atoms with Gasteiger partial charge in [0.05, 0.1) is 0 Å². The molecule has 0 spiro atoms. The molecule has 0 unspecified atom stereocenters. The predicted molar refractivity (Wildman–Crippen MR) is 106 cm³/mol. The van der Waals surface area contributed by atoms with Gasteiger partial charge in [-0.2, -0.15) is 0 Å². The number of rotatable bonds is 5. The monoisotopic (exact) mass is 353 g/mol. The van der Waals surface area contributed by atoms with Crippen LogP contribution in [-0.4, -0.2) is 25.9 Å². The van der Waals surface area contributed by atoms with Crippen molar-refractivity contribution in [3.63, 3.8) is 0 Å². The molecule has 1 heterocycles. The molecule has 2 aromatic rings. The smallest absolute Gasteiger partial charge is 0.321 e. The maximum Gasteiger partial charge on any atom is 0.321 e. The summed E-state index contributed by atoms with van der Waals surface area (Å²) in [4.78, 5) is 14.4. The van der Waals surface area contributed by atoms with Gasteiger partial charge in [-0.05, 0) is 74.6 Å². The first kappa shape index (κ1) is 18.1. The lowest BCUT2D eigenvalue weighted by atomic mass is 10.1. The number of nitrogens with zero attached hydrogens (tertiary/aromatic N) is 1. The van der Waals surface area contributed by atoms with Gasteiger partial charge in [-0.25, -0.2) is 4.79 Å². The van der Waals surface area contributed by atoms with Crippen molar-refractivity contribution in [2.45, 2.75) is 33.1 Å². The van der Waals surface area contributed by atoms with E-state index < -0.39 is 0 Å². The van der Waals surface area contributed by atoms with E-state index in [2.05, 4.69) is 27.7 Å². The van der Waals surface area contributed by atoms with Crippen LogP contribution in [0.15, 0.2) is 42.5 Å². The van der Waals surface area contributed by atoms with Crippen molar-refractivity contribution in [3.05, 3.63) is 53.6 Å². The van der Waals surface area contributed by atoms with Gasteiger partial charge in [0, 0.05) is 24.5 Å². The molecule has 5 heteroatoms. The number of nitrogens with one attached hydrogen (secondary N) is 2. The molecule has 3 rings (SSSR count). The molecule has 0 saturated carbocycles. The number of ether oxygens (including phenoxy) is 1. The summed E-state index contributed by atoms with van der Waals surface area (Å²) < 4.78 is 5.65. The fourth-order valence-electron chi connectivity index (χ4n) is 3.14. The average Bonchev–Trinajstić information content (AvgIpc) is 2.66. The standard InChI is InChI=1S/C21H27N3O2/c1-16-7-6-8-20(17(16)2)26-15-22-21(25)23-18-9-11-19(12-10-18)24-13-4-3-5-14-24/h6-12H,3-5,13-15H2,1-2H3,(H2,22,23,25). The van der Waals surface area contributed by atoms with E-state index in [-0.39, 0.29) is 12.8 Å². The van der Waals surface area contributed by atoms with Crippen LogP contribution in [0, 0.1) is 13.8 Å². The van der Waals surface area contributed by atoms with E-state index in [1.54, 1.807) is 0 Å². The van der Waals surface area contributed by atoms with Gasteiger partial charge in [-0.1, -0.05) is 12.1 Å². The van der Waals surface area contributed by atoms with Crippen LogP contribution in [0.2, 0.25) is 0 Å². The first-order valence-corrected chi connectivity index (χ1v) is 9.22. The molecule has 1 aliphatic heterocycles. The lowest BCUT2D eigenvalue weighted by molar-refractivity contribution is 0.234. The van der Waals surface area contributed by atoms with Crippen molar-refractivity contribution in [3.8, 4) is 5.75 Å². The lowest BCUT2D eigenvalue weighted by Crippen LogP contribution is -2.32. The van der Waals surface area contributed by atoms with Crippen molar-refractivity contribution >= 4 is 17.4 Å². The highest BCUT2D eigenvalue weighted by atomic mass is 16.5. The Kier molecular flexibility index (Phi) is 6.00. The fraction of sp³-hybridized carbons (Fsp3) is 0.381. The Hall–Kier alpha value is -2.69. The second-order valence-electron chi connectivity index (χ2n) is 6.71. The minimum atomic E-state index is -0.277. The number of amides is 2. The third-order valence-electron chi connectivity index (χ3n) is 4.86. The average molecular weight is 353 g/mol. The van der Waals surface area contributed by atoms with E-state index in [0.29, 0.717) is 0 Å². The molecule has 138 valence electrons. The van der Waals surface area contributed by atoms with E-state index in [4.69, 9.17) is 4.74 Å². The van der Waals surface area contributed by atoms with Crippen molar-refractivity contribution in [2.75, 3.05) is 30.0 Å². The number of anilines is 2. The van der Waals surface area contributed by atoms with Gasteiger partial charge in [0.15, 0.2) is 6.73 Å². The molecule has 0 radical (unpaired) electrons. The maximum atomic E-state index is 12.0. The predicted octanol–water partition coefficient (Wildman–Crippen LogP) is 4.45. The molecule has 1 aliphatic rings. The Labute approximate surface area is 155 Å². The van der Waals surface area contributed by atoms with Crippen LogP contribution in [-0.2, 0) is 0 Å². The molecule has 2 amide bonds. The molecule has 0 atom stereocenters. The van der Waals surface area contributed by atoms with Gasteiger partial charge in [-0.3, -0.25) is 0 Å². The number of carbonyl (C=O) groups excluding carboxylic acids is 1. The lowest BCUT2D eigenvalue weighted by Gasteiger charge is -2.28. The summed E-state index contributed by atoms with van der Waals surface area (Å²) in [5.74, 6) is 0.788. The minimum absolute atomic E-state index is 0.127. The zero-order valence-electron chi connectivity index (χ0n) is 15.5. The number of hydrogen-bond donors (Lipinski definition) is 2. The second-order valence-corrected chi connectivity index (χ2v) is 6.71. The fourth-order valence-corrected chi connectivity index (χ4v) is 3.14. The highest BCUT2D eigenvalue weighted by molar-refractivity contribution is 5.89.